The Morgan fingerprint density at radius 3 is 2.20 bits per heavy atom. The van der Waals surface area contributed by atoms with Crippen molar-refractivity contribution in [3.8, 4) is 6.07 Å². The van der Waals surface area contributed by atoms with Crippen molar-refractivity contribution in [2.75, 3.05) is 13.1 Å². The van der Waals surface area contributed by atoms with Crippen LogP contribution in [0.4, 0.5) is 4.79 Å². The van der Waals surface area contributed by atoms with Crippen molar-refractivity contribution < 1.29 is 9.53 Å². The monoisotopic (exact) mass is 278 g/mol. The molecular weight excluding hydrogens is 252 g/mol. The fourth-order valence-corrected chi connectivity index (χ4v) is 3.35. The first kappa shape index (κ1) is 15.2. The smallest absolute Gasteiger partial charge is 0.410 e. The number of hydrogen-bond donors (Lipinski definition) is 0. The number of nitriles is 1. The van der Waals surface area contributed by atoms with Crippen LogP contribution in [0.2, 0.25) is 0 Å². The quantitative estimate of drug-likeness (QED) is 0.678. The summed E-state index contributed by atoms with van der Waals surface area (Å²) in [7, 11) is 0. The lowest BCUT2D eigenvalue weighted by molar-refractivity contribution is 0.00293. The van der Waals surface area contributed by atoms with E-state index >= 15 is 0 Å². The molecule has 4 nitrogen and oxygen atoms in total. The molecule has 1 spiro atoms. The lowest BCUT2D eigenvalue weighted by Gasteiger charge is -2.45. The molecule has 2 rings (SSSR count). The zero-order valence-electron chi connectivity index (χ0n) is 12.9. The Labute approximate surface area is 122 Å². The fraction of sp³-hybridized carbons (Fsp3) is 0.875. The van der Waals surface area contributed by atoms with Gasteiger partial charge in [-0.1, -0.05) is 0 Å². The van der Waals surface area contributed by atoms with Gasteiger partial charge in [0, 0.05) is 19.0 Å². The highest BCUT2D eigenvalue weighted by Gasteiger charge is 2.39. The van der Waals surface area contributed by atoms with Gasteiger partial charge in [0.1, 0.15) is 5.60 Å². The van der Waals surface area contributed by atoms with Crippen molar-refractivity contribution in [1.82, 2.24) is 4.90 Å². The third-order valence-electron chi connectivity index (χ3n) is 4.70. The Kier molecular flexibility index (Phi) is 4.27. The van der Waals surface area contributed by atoms with Crippen molar-refractivity contribution in [2.24, 2.45) is 11.3 Å². The molecule has 1 saturated heterocycles. The van der Waals surface area contributed by atoms with E-state index in [0.29, 0.717) is 5.41 Å². The molecule has 0 aromatic rings. The second-order valence-electron chi connectivity index (χ2n) is 7.37. The molecule has 1 amide bonds. The van der Waals surface area contributed by atoms with Crippen LogP contribution < -0.4 is 0 Å². The number of amides is 1. The summed E-state index contributed by atoms with van der Waals surface area (Å²) in [5.41, 5.74) is -0.0388. The van der Waals surface area contributed by atoms with E-state index in [-0.39, 0.29) is 12.0 Å². The second-order valence-corrected chi connectivity index (χ2v) is 7.37. The summed E-state index contributed by atoms with van der Waals surface area (Å²) in [5, 5.41) is 8.98. The summed E-state index contributed by atoms with van der Waals surface area (Å²) in [4.78, 5) is 13.9. The predicted molar refractivity (Wildman–Crippen MR) is 77.0 cm³/mol. The van der Waals surface area contributed by atoms with Gasteiger partial charge in [-0.15, -0.1) is 0 Å². The lowest BCUT2D eigenvalue weighted by atomic mass is 9.66. The maximum absolute atomic E-state index is 12.0. The normalized spacial score (nSPS) is 23.4. The molecule has 0 bridgehead atoms. The Bertz CT molecular complexity index is 388. The first-order valence-corrected chi connectivity index (χ1v) is 7.71. The van der Waals surface area contributed by atoms with Crippen LogP contribution in [0.3, 0.4) is 0 Å². The van der Waals surface area contributed by atoms with Gasteiger partial charge in [0.05, 0.1) is 6.07 Å². The van der Waals surface area contributed by atoms with Gasteiger partial charge in [0.15, 0.2) is 0 Å². The van der Waals surface area contributed by atoms with Crippen molar-refractivity contribution in [3.63, 3.8) is 0 Å². The van der Waals surface area contributed by atoms with Gasteiger partial charge >= 0.3 is 6.09 Å². The van der Waals surface area contributed by atoms with Gasteiger partial charge in [-0.3, -0.25) is 0 Å². The topological polar surface area (TPSA) is 53.3 Å². The molecule has 2 fully saturated rings. The van der Waals surface area contributed by atoms with Crippen LogP contribution in [0.15, 0.2) is 0 Å². The Morgan fingerprint density at radius 1 is 1.20 bits per heavy atom. The number of ether oxygens (including phenoxy) is 1. The molecular formula is C16H26N2O2. The summed E-state index contributed by atoms with van der Waals surface area (Å²) in [6.45, 7) is 7.30. The number of rotatable bonds is 0. The van der Waals surface area contributed by atoms with Gasteiger partial charge in [-0.05, 0) is 64.7 Å². The molecule has 1 saturated carbocycles. The first-order chi connectivity index (χ1) is 9.34. The number of nitrogens with zero attached hydrogens (tertiary/aromatic N) is 2. The van der Waals surface area contributed by atoms with E-state index in [1.807, 2.05) is 25.7 Å². The van der Waals surface area contributed by atoms with E-state index in [2.05, 4.69) is 6.07 Å². The molecule has 0 radical (unpaired) electrons. The molecule has 0 aromatic heterocycles. The maximum Gasteiger partial charge on any atom is 0.410 e. The molecule has 2 aliphatic rings. The third-order valence-corrected chi connectivity index (χ3v) is 4.70. The molecule has 1 heterocycles. The molecule has 112 valence electrons. The van der Waals surface area contributed by atoms with Crippen LogP contribution in [-0.4, -0.2) is 29.7 Å². The Morgan fingerprint density at radius 2 is 1.75 bits per heavy atom. The van der Waals surface area contributed by atoms with Crippen molar-refractivity contribution in [1.29, 1.82) is 5.26 Å². The molecule has 4 heteroatoms. The summed E-state index contributed by atoms with van der Waals surface area (Å²) >= 11 is 0. The zero-order valence-corrected chi connectivity index (χ0v) is 12.9. The van der Waals surface area contributed by atoms with Crippen molar-refractivity contribution in [3.05, 3.63) is 0 Å². The highest BCUT2D eigenvalue weighted by Crippen LogP contribution is 2.46. The highest BCUT2D eigenvalue weighted by molar-refractivity contribution is 5.68. The second kappa shape index (κ2) is 5.63. The molecule has 0 atom stereocenters. The third kappa shape index (κ3) is 3.65. The molecule has 20 heavy (non-hydrogen) atoms. The Hall–Kier alpha value is -1.24. The van der Waals surface area contributed by atoms with E-state index in [1.54, 1.807) is 0 Å². The van der Waals surface area contributed by atoms with Gasteiger partial charge < -0.3 is 9.64 Å². The van der Waals surface area contributed by atoms with Crippen LogP contribution in [0.25, 0.3) is 0 Å². The average Bonchev–Trinajstić information content (AvgIpc) is 2.38. The van der Waals surface area contributed by atoms with E-state index in [4.69, 9.17) is 10.00 Å². The molecule has 0 aromatic carbocycles. The minimum Gasteiger partial charge on any atom is -0.444 e. The zero-order chi connectivity index (χ0) is 14.8. The number of carbonyl (C=O) groups excluding carboxylic acids is 1. The van der Waals surface area contributed by atoms with E-state index < -0.39 is 5.60 Å². The molecule has 0 unspecified atom stereocenters. The standard InChI is InChI=1S/C16H26N2O2/c1-15(2,3)20-14(19)18-10-8-16(9-11-18)6-4-13(12-17)5-7-16/h13H,4-11H2,1-3H3. The number of piperidine rings is 1. The predicted octanol–water partition coefficient (Wildman–Crippen LogP) is 3.72. The lowest BCUT2D eigenvalue weighted by Crippen LogP contribution is -2.46. The average molecular weight is 278 g/mol. The summed E-state index contributed by atoms with van der Waals surface area (Å²) < 4.78 is 5.43. The fourth-order valence-electron chi connectivity index (χ4n) is 3.35. The van der Waals surface area contributed by atoms with Gasteiger partial charge in [0.25, 0.3) is 0 Å². The maximum atomic E-state index is 12.0. The van der Waals surface area contributed by atoms with Gasteiger partial charge in [0.2, 0.25) is 0 Å². The first-order valence-electron chi connectivity index (χ1n) is 7.71. The largest absolute Gasteiger partial charge is 0.444 e. The number of hydrogen-bond acceptors (Lipinski definition) is 3. The minimum absolute atomic E-state index is 0.182. The summed E-state index contributed by atoms with van der Waals surface area (Å²) in [5.74, 6) is 0.254. The number of likely N-dealkylation sites (tertiary alicyclic amines) is 1. The highest BCUT2D eigenvalue weighted by atomic mass is 16.6. The summed E-state index contributed by atoms with van der Waals surface area (Å²) in [6.07, 6.45) is 6.29. The Balaban J connectivity index is 1.84. The van der Waals surface area contributed by atoms with Gasteiger partial charge in [-0.2, -0.15) is 5.26 Å². The van der Waals surface area contributed by atoms with E-state index in [0.717, 1.165) is 51.6 Å². The molecule has 1 aliphatic carbocycles. The van der Waals surface area contributed by atoms with Crippen LogP contribution in [0.5, 0.6) is 0 Å². The van der Waals surface area contributed by atoms with Crippen LogP contribution in [-0.2, 0) is 4.74 Å². The SMILES string of the molecule is CC(C)(C)OC(=O)N1CCC2(CCC(C#N)CC2)CC1. The van der Waals surface area contributed by atoms with E-state index in [9.17, 15) is 4.79 Å². The molecule has 0 N–H and O–H groups in total. The molecule has 1 aliphatic heterocycles. The van der Waals surface area contributed by atoms with E-state index in [1.165, 1.54) is 0 Å². The van der Waals surface area contributed by atoms with Crippen LogP contribution in [0.1, 0.15) is 59.3 Å². The number of carbonyl (C=O) groups is 1. The van der Waals surface area contributed by atoms with Crippen LogP contribution in [0, 0.1) is 22.7 Å². The van der Waals surface area contributed by atoms with Crippen molar-refractivity contribution in [2.45, 2.75) is 64.9 Å². The van der Waals surface area contributed by atoms with Crippen molar-refractivity contribution >= 4 is 6.09 Å². The summed E-state index contributed by atoms with van der Waals surface area (Å²) in [6, 6.07) is 2.39. The van der Waals surface area contributed by atoms with Gasteiger partial charge in [-0.25, -0.2) is 4.79 Å². The minimum atomic E-state index is -0.420. The van der Waals surface area contributed by atoms with Crippen LogP contribution >= 0.6 is 0 Å².